The minimum absolute atomic E-state index is 0.0989. The van der Waals surface area contributed by atoms with Gasteiger partial charge >= 0.3 is 0 Å². The molecule has 2 aromatic rings. The fourth-order valence-corrected chi connectivity index (χ4v) is 3.66. The number of carbonyl (C=O) groups is 2. The highest BCUT2D eigenvalue weighted by Gasteiger charge is 2.26. The van der Waals surface area contributed by atoms with E-state index in [0.29, 0.717) is 19.0 Å². The molecule has 0 spiro atoms. The largest absolute Gasteiger partial charge is 0.348 e. The van der Waals surface area contributed by atoms with Gasteiger partial charge in [0.25, 0.3) is 0 Å². The predicted octanol–water partition coefficient (Wildman–Crippen LogP) is 1.65. The lowest BCUT2D eigenvalue weighted by Crippen LogP contribution is -2.40. The Morgan fingerprint density at radius 2 is 2.00 bits per heavy atom. The second-order valence-electron chi connectivity index (χ2n) is 7.59. The van der Waals surface area contributed by atoms with Crippen molar-refractivity contribution in [2.45, 2.75) is 13.3 Å². The van der Waals surface area contributed by atoms with Crippen molar-refractivity contribution >= 4 is 22.7 Å². The van der Waals surface area contributed by atoms with Crippen molar-refractivity contribution in [1.82, 2.24) is 19.7 Å². The highest BCUT2D eigenvalue weighted by molar-refractivity contribution is 5.79. The maximum Gasteiger partial charge on any atom is 0.236 e. The van der Waals surface area contributed by atoms with Gasteiger partial charge in [-0.25, -0.2) is 0 Å². The fourth-order valence-electron chi connectivity index (χ4n) is 3.66. The molecule has 0 bridgehead atoms. The van der Waals surface area contributed by atoms with E-state index in [9.17, 15) is 9.59 Å². The summed E-state index contributed by atoms with van der Waals surface area (Å²) in [6.45, 7) is 4.98. The Morgan fingerprint density at radius 3 is 2.74 bits per heavy atom. The molecule has 6 nitrogen and oxygen atoms in total. The molecule has 0 aliphatic carbocycles. The van der Waals surface area contributed by atoms with Crippen LogP contribution in [0.4, 0.5) is 0 Å². The predicted molar refractivity (Wildman–Crippen MR) is 106 cm³/mol. The van der Waals surface area contributed by atoms with Gasteiger partial charge in [0.2, 0.25) is 11.8 Å². The second kappa shape index (κ2) is 8.48. The highest BCUT2D eigenvalue weighted by Crippen LogP contribution is 2.19. The molecule has 144 valence electrons. The molecular formula is C21H28N4O2. The van der Waals surface area contributed by atoms with Crippen molar-refractivity contribution in [2.75, 3.05) is 46.8 Å². The standard InChI is InChI=1S/C21H28N4O2/c1-16(26)25-10-9-24(15-21(27)23(2)3)13-18(14-25)11-17-6-7-20-19(12-17)5-4-8-22-20/h4-8,12,18H,9-11,13-15H2,1-3H3. The number of benzene rings is 1. The van der Waals surface area contributed by atoms with Crippen molar-refractivity contribution in [1.29, 1.82) is 0 Å². The van der Waals surface area contributed by atoms with Gasteiger partial charge in [0, 0.05) is 58.8 Å². The van der Waals surface area contributed by atoms with Crippen LogP contribution in [0.15, 0.2) is 36.5 Å². The van der Waals surface area contributed by atoms with E-state index in [-0.39, 0.29) is 11.8 Å². The Hall–Kier alpha value is -2.47. The lowest BCUT2D eigenvalue weighted by molar-refractivity contribution is -0.130. The van der Waals surface area contributed by atoms with Crippen LogP contribution in [0.2, 0.25) is 0 Å². The molecule has 1 fully saturated rings. The first-order valence-corrected chi connectivity index (χ1v) is 9.44. The highest BCUT2D eigenvalue weighted by atomic mass is 16.2. The summed E-state index contributed by atoms with van der Waals surface area (Å²) >= 11 is 0. The van der Waals surface area contributed by atoms with Crippen molar-refractivity contribution in [2.24, 2.45) is 5.92 Å². The van der Waals surface area contributed by atoms with Crippen LogP contribution in [0.25, 0.3) is 10.9 Å². The molecule has 1 unspecified atom stereocenters. The number of hydrogen-bond donors (Lipinski definition) is 0. The Labute approximate surface area is 160 Å². The zero-order chi connectivity index (χ0) is 19.4. The van der Waals surface area contributed by atoms with Gasteiger partial charge in [-0.1, -0.05) is 12.1 Å². The van der Waals surface area contributed by atoms with Gasteiger partial charge in [-0.2, -0.15) is 0 Å². The average molecular weight is 368 g/mol. The molecule has 1 aromatic carbocycles. The lowest BCUT2D eigenvalue weighted by atomic mass is 9.97. The first-order valence-electron chi connectivity index (χ1n) is 9.44. The van der Waals surface area contributed by atoms with E-state index >= 15 is 0 Å². The molecule has 1 aliphatic rings. The summed E-state index contributed by atoms with van der Waals surface area (Å²) in [6, 6.07) is 10.4. The molecule has 6 heteroatoms. The third-order valence-corrected chi connectivity index (χ3v) is 5.18. The molecule has 3 rings (SSSR count). The number of aromatic nitrogens is 1. The van der Waals surface area contributed by atoms with E-state index in [1.165, 1.54) is 5.56 Å². The SMILES string of the molecule is CC(=O)N1CCN(CC(=O)N(C)C)CC(Cc2ccc3ncccc3c2)C1. The number of nitrogens with zero attached hydrogens (tertiary/aromatic N) is 4. The summed E-state index contributed by atoms with van der Waals surface area (Å²) in [6.07, 6.45) is 2.68. The normalized spacial score (nSPS) is 18.3. The van der Waals surface area contributed by atoms with Crippen LogP contribution in [0.5, 0.6) is 0 Å². The van der Waals surface area contributed by atoms with E-state index < -0.39 is 0 Å². The van der Waals surface area contributed by atoms with E-state index in [0.717, 1.165) is 37.0 Å². The Bertz CT molecular complexity index is 821. The maximum atomic E-state index is 12.1. The Kier molecular flexibility index (Phi) is 6.06. The third kappa shape index (κ3) is 5.04. The van der Waals surface area contributed by atoms with E-state index in [2.05, 4.69) is 34.1 Å². The zero-order valence-corrected chi connectivity index (χ0v) is 16.4. The van der Waals surface area contributed by atoms with Crippen molar-refractivity contribution < 1.29 is 9.59 Å². The van der Waals surface area contributed by atoms with Crippen LogP contribution < -0.4 is 0 Å². The topological polar surface area (TPSA) is 56.8 Å². The Morgan fingerprint density at radius 1 is 1.19 bits per heavy atom. The summed E-state index contributed by atoms with van der Waals surface area (Å²) in [5.41, 5.74) is 2.23. The molecule has 1 atom stereocenters. The third-order valence-electron chi connectivity index (χ3n) is 5.18. The van der Waals surface area contributed by atoms with E-state index in [1.807, 2.05) is 11.0 Å². The Balaban J connectivity index is 1.76. The summed E-state index contributed by atoms with van der Waals surface area (Å²) in [5, 5.41) is 1.13. The summed E-state index contributed by atoms with van der Waals surface area (Å²) < 4.78 is 0. The number of likely N-dealkylation sites (N-methyl/N-ethyl adjacent to an activating group) is 1. The van der Waals surface area contributed by atoms with Crippen LogP contribution in [0.1, 0.15) is 12.5 Å². The first kappa shape index (κ1) is 19.3. The molecular weight excluding hydrogens is 340 g/mol. The molecule has 1 saturated heterocycles. The summed E-state index contributed by atoms with van der Waals surface area (Å²) in [4.78, 5) is 34.2. The summed E-state index contributed by atoms with van der Waals surface area (Å²) in [7, 11) is 3.56. The van der Waals surface area contributed by atoms with Gasteiger partial charge in [0.1, 0.15) is 0 Å². The van der Waals surface area contributed by atoms with Crippen molar-refractivity contribution in [3.63, 3.8) is 0 Å². The number of fused-ring (bicyclic) bond motifs is 1. The molecule has 2 heterocycles. The number of pyridine rings is 1. The van der Waals surface area contributed by atoms with Gasteiger partial charge in [0.15, 0.2) is 0 Å². The average Bonchev–Trinajstić information content (AvgIpc) is 2.83. The number of amides is 2. The van der Waals surface area contributed by atoms with Crippen LogP contribution in [0, 0.1) is 5.92 Å². The van der Waals surface area contributed by atoms with Gasteiger partial charge in [-0.3, -0.25) is 19.5 Å². The van der Waals surface area contributed by atoms with Crippen LogP contribution >= 0.6 is 0 Å². The van der Waals surface area contributed by atoms with Crippen molar-refractivity contribution in [3.05, 3.63) is 42.1 Å². The maximum absolute atomic E-state index is 12.1. The molecule has 2 amide bonds. The van der Waals surface area contributed by atoms with Crippen LogP contribution in [0.3, 0.4) is 0 Å². The lowest BCUT2D eigenvalue weighted by Gasteiger charge is -2.25. The molecule has 27 heavy (non-hydrogen) atoms. The first-order chi connectivity index (χ1) is 12.9. The smallest absolute Gasteiger partial charge is 0.236 e. The molecule has 1 aliphatic heterocycles. The van der Waals surface area contributed by atoms with Gasteiger partial charge in [-0.05, 0) is 36.1 Å². The number of hydrogen-bond acceptors (Lipinski definition) is 4. The van der Waals surface area contributed by atoms with Gasteiger partial charge in [0.05, 0.1) is 12.1 Å². The number of rotatable bonds is 4. The quantitative estimate of drug-likeness (QED) is 0.823. The summed E-state index contributed by atoms with van der Waals surface area (Å²) in [5.74, 6) is 0.491. The van der Waals surface area contributed by atoms with Gasteiger partial charge in [-0.15, -0.1) is 0 Å². The molecule has 1 aromatic heterocycles. The van der Waals surface area contributed by atoms with E-state index in [4.69, 9.17) is 0 Å². The monoisotopic (exact) mass is 368 g/mol. The van der Waals surface area contributed by atoms with E-state index in [1.54, 1.807) is 32.1 Å². The minimum atomic E-state index is 0.0989. The minimum Gasteiger partial charge on any atom is -0.348 e. The second-order valence-corrected chi connectivity index (χ2v) is 7.59. The van der Waals surface area contributed by atoms with Crippen molar-refractivity contribution in [3.8, 4) is 0 Å². The number of carbonyl (C=O) groups excluding carboxylic acids is 2. The fraction of sp³-hybridized carbons (Fsp3) is 0.476. The van der Waals surface area contributed by atoms with Crippen LogP contribution in [-0.4, -0.2) is 78.3 Å². The van der Waals surface area contributed by atoms with Gasteiger partial charge < -0.3 is 9.80 Å². The molecule has 0 N–H and O–H groups in total. The molecule has 0 saturated carbocycles. The molecule has 0 radical (unpaired) electrons. The van der Waals surface area contributed by atoms with Crippen LogP contribution in [-0.2, 0) is 16.0 Å². The zero-order valence-electron chi connectivity index (χ0n) is 16.4.